The molecule has 1 saturated heterocycles. The Morgan fingerprint density at radius 1 is 1.16 bits per heavy atom. The van der Waals surface area contributed by atoms with E-state index in [-0.39, 0.29) is 18.0 Å². The summed E-state index contributed by atoms with van der Waals surface area (Å²) in [5.41, 5.74) is 0.642. The minimum Gasteiger partial charge on any atom is -0.495 e. The molecule has 1 aromatic heterocycles. The summed E-state index contributed by atoms with van der Waals surface area (Å²) >= 11 is 0. The molecule has 0 aliphatic carbocycles. The first kappa shape index (κ1) is 16.9. The van der Waals surface area contributed by atoms with Gasteiger partial charge >= 0.3 is 6.03 Å². The number of furan rings is 1. The smallest absolute Gasteiger partial charge is 0.321 e. The molecule has 2 aromatic rings. The van der Waals surface area contributed by atoms with Crippen LogP contribution in [0.25, 0.3) is 0 Å². The molecule has 0 saturated carbocycles. The van der Waals surface area contributed by atoms with Crippen molar-refractivity contribution in [3.8, 4) is 5.75 Å². The minimum atomic E-state index is -0.220. The Morgan fingerprint density at radius 2 is 1.92 bits per heavy atom. The lowest BCUT2D eigenvalue weighted by atomic mass is 10.1. The monoisotopic (exact) mass is 343 g/mol. The molecule has 25 heavy (non-hydrogen) atoms. The number of likely N-dealkylation sites (tertiary alicyclic amines) is 1. The molecular formula is C18H21N3O4. The van der Waals surface area contributed by atoms with Gasteiger partial charge in [-0.3, -0.25) is 4.79 Å². The Labute approximate surface area is 145 Å². The number of carbonyl (C=O) groups is 2. The van der Waals surface area contributed by atoms with Gasteiger partial charge in [0.2, 0.25) is 0 Å². The van der Waals surface area contributed by atoms with E-state index < -0.39 is 0 Å². The molecule has 7 heteroatoms. The fourth-order valence-electron chi connectivity index (χ4n) is 2.83. The molecular weight excluding hydrogens is 322 g/mol. The van der Waals surface area contributed by atoms with Crippen LogP contribution in [0.15, 0.2) is 47.1 Å². The fraction of sp³-hybridized carbons (Fsp3) is 0.333. The van der Waals surface area contributed by atoms with Crippen LogP contribution in [-0.4, -0.2) is 43.1 Å². The highest BCUT2D eigenvalue weighted by molar-refractivity contribution is 5.92. The molecule has 0 radical (unpaired) electrons. The van der Waals surface area contributed by atoms with E-state index in [0.717, 1.165) is 0 Å². The van der Waals surface area contributed by atoms with Gasteiger partial charge in [-0.15, -0.1) is 0 Å². The highest BCUT2D eigenvalue weighted by Crippen LogP contribution is 2.24. The third kappa shape index (κ3) is 4.12. The van der Waals surface area contributed by atoms with Crippen molar-refractivity contribution in [2.75, 3.05) is 25.5 Å². The van der Waals surface area contributed by atoms with Gasteiger partial charge in [0, 0.05) is 19.1 Å². The summed E-state index contributed by atoms with van der Waals surface area (Å²) in [7, 11) is 1.57. The standard InChI is InChI=1S/C18H21N3O4/c1-24-15-6-3-2-5-14(15)20-18(23)21-10-8-13(9-11-21)19-17(22)16-7-4-12-25-16/h2-7,12-13H,8-11H2,1H3,(H,19,22)(H,20,23). The number of piperidine rings is 1. The predicted octanol–water partition coefficient (Wildman–Crippen LogP) is 2.71. The van der Waals surface area contributed by atoms with Crippen LogP contribution in [0.1, 0.15) is 23.4 Å². The highest BCUT2D eigenvalue weighted by atomic mass is 16.5. The third-order valence-corrected chi connectivity index (χ3v) is 4.21. The van der Waals surface area contributed by atoms with Crippen LogP contribution in [0, 0.1) is 0 Å². The first-order valence-electron chi connectivity index (χ1n) is 8.20. The van der Waals surface area contributed by atoms with E-state index in [4.69, 9.17) is 9.15 Å². The van der Waals surface area contributed by atoms with Crippen LogP contribution in [0.3, 0.4) is 0 Å². The lowest BCUT2D eigenvalue weighted by Crippen LogP contribution is -2.47. The average molecular weight is 343 g/mol. The number of carbonyl (C=O) groups excluding carboxylic acids is 2. The van der Waals surface area contributed by atoms with Crippen molar-refractivity contribution in [2.24, 2.45) is 0 Å². The molecule has 0 spiro atoms. The molecule has 0 atom stereocenters. The van der Waals surface area contributed by atoms with E-state index >= 15 is 0 Å². The molecule has 1 fully saturated rings. The van der Waals surface area contributed by atoms with Gasteiger partial charge in [-0.1, -0.05) is 12.1 Å². The Morgan fingerprint density at radius 3 is 2.60 bits per heavy atom. The second-order valence-electron chi connectivity index (χ2n) is 5.84. The maximum atomic E-state index is 12.4. The molecule has 2 N–H and O–H groups in total. The summed E-state index contributed by atoms with van der Waals surface area (Å²) in [6.07, 6.45) is 2.87. The quantitative estimate of drug-likeness (QED) is 0.894. The van der Waals surface area contributed by atoms with E-state index in [1.54, 1.807) is 36.3 Å². The molecule has 3 amide bonds. The number of hydrogen-bond donors (Lipinski definition) is 2. The van der Waals surface area contributed by atoms with Crippen LogP contribution >= 0.6 is 0 Å². The summed E-state index contributed by atoms with van der Waals surface area (Å²) in [6, 6.07) is 10.5. The molecule has 2 heterocycles. The Bertz CT molecular complexity index is 722. The zero-order chi connectivity index (χ0) is 17.6. The van der Waals surface area contributed by atoms with Crippen LogP contribution in [0.5, 0.6) is 5.75 Å². The van der Waals surface area contributed by atoms with Crippen molar-refractivity contribution >= 4 is 17.6 Å². The average Bonchev–Trinajstić information content (AvgIpc) is 3.17. The molecule has 0 unspecified atom stereocenters. The summed E-state index contributed by atoms with van der Waals surface area (Å²) in [5, 5.41) is 5.81. The maximum Gasteiger partial charge on any atom is 0.321 e. The van der Waals surface area contributed by atoms with Crippen LogP contribution in [-0.2, 0) is 0 Å². The third-order valence-electron chi connectivity index (χ3n) is 4.21. The molecule has 132 valence electrons. The number of amides is 3. The number of urea groups is 1. The maximum absolute atomic E-state index is 12.4. The molecule has 1 aliphatic heterocycles. The number of hydrogen-bond acceptors (Lipinski definition) is 4. The topological polar surface area (TPSA) is 83.8 Å². The number of para-hydroxylation sites is 2. The van der Waals surface area contributed by atoms with E-state index in [0.29, 0.717) is 43.1 Å². The number of benzene rings is 1. The van der Waals surface area contributed by atoms with E-state index in [9.17, 15) is 9.59 Å². The van der Waals surface area contributed by atoms with Crippen molar-refractivity contribution in [1.29, 1.82) is 0 Å². The fourth-order valence-corrected chi connectivity index (χ4v) is 2.83. The normalized spacial score (nSPS) is 14.8. The van der Waals surface area contributed by atoms with Gasteiger partial charge in [0.15, 0.2) is 5.76 Å². The number of nitrogens with one attached hydrogen (secondary N) is 2. The van der Waals surface area contributed by atoms with Crippen molar-refractivity contribution in [1.82, 2.24) is 10.2 Å². The van der Waals surface area contributed by atoms with Crippen molar-refractivity contribution in [2.45, 2.75) is 18.9 Å². The van der Waals surface area contributed by atoms with Crippen LogP contribution < -0.4 is 15.4 Å². The Hall–Kier alpha value is -2.96. The molecule has 7 nitrogen and oxygen atoms in total. The van der Waals surface area contributed by atoms with Crippen LogP contribution in [0.2, 0.25) is 0 Å². The lowest BCUT2D eigenvalue weighted by Gasteiger charge is -2.32. The van der Waals surface area contributed by atoms with Gasteiger partial charge < -0.3 is 24.7 Å². The second kappa shape index (κ2) is 7.74. The number of nitrogens with zero attached hydrogens (tertiary/aromatic N) is 1. The molecule has 0 bridgehead atoms. The number of rotatable bonds is 4. The largest absolute Gasteiger partial charge is 0.495 e. The van der Waals surface area contributed by atoms with Crippen LogP contribution in [0.4, 0.5) is 10.5 Å². The zero-order valence-corrected chi connectivity index (χ0v) is 14.0. The second-order valence-corrected chi connectivity index (χ2v) is 5.84. The lowest BCUT2D eigenvalue weighted by molar-refractivity contribution is 0.0891. The molecule has 1 aromatic carbocycles. The number of anilines is 1. The van der Waals surface area contributed by atoms with Gasteiger partial charge in [0.25, 0.3) is 5.91 Å². The summed E-state index contributed by atoms with van der Waals surface area (Å²) in [6.45, 7) is 1.15. The number of ether oxygens (including phenoxy) is 1. The molecule has 3 rings (SSSR count). The first-order chi connectivity index (χ1) is 12.2. The van der Waals surface area contributed by atoms with Gasteiger partial charge in [-0.05, 0) is 37.1 Å². The van der Waals surface area contributed by atoms with Crippen molar-refractivity contribution < 1.29 is 18.7 Å². The molecule has 1 aliphatic rings. The Balaban J connectivity index is 1.50. The first-order valence-corrected chi connectivity index (χ1v) is 8.20. The highest BCUT2D eigenvalue weighted by Gasteiger charge is 2.25. The van der Waals surface area contributed by atoms with Crippen molar-refractivity contribution in [3.05, 3.63) is 48.4 Å². The van der Waals surface area contributed by atoms with Gasteiger partial charge in [-0.2, -0.15) is 0 Å². The number of methoxy groups -OCH3 is 1. The van der Waals surface area contributed by atoms with E-state index in [2.05, 4.69) is 10.6 Å². The Kier molecular flexibility index (Phi) is 5.23. The van der Waals surface area contributed by atoms with Gasteiger partial charge in [0.05, 0.1) is 19.1 Å². The van der Waals surface area contributed by atoms with E-state index in [1.165, 1.54) is 6.26 Å². The van der Waals surface area contributed by atoms with E-state index in [1.807, 2.05) is 12.1 Å². The minimum absolute atomic E-state index is 0.0351. The van der Waals surface area contributed by atoms with Gasteiger partial charge in [-0.25, -0.2) is 4.79 Å². The zero-order valence-electron chi connectivity index (χ0n) is 14.0. The van der Waals surface area contributed by atoms with Gasteiger partial charge in [0.1, 0.15) is 5.75 Å². The van der Waals surface area contributed by atoms with Crippen molar-refractivity contribution in [3.63, 3.8) is 0 Å². The summed E-state index contributed by atoms with van der Waals surface area (Å²) in [4.78, 5) is 26.1. The summed E-state index contributed by atoms with van der Waals surface area (Å²) < 4.78 is 10.3. The summed E-state index contributed by atoms with van der Waals surface area (Å²) in [5.74, 6) is 0.703. The predicted molar refractivity (Wildman–Crippen MR) is 92.8 cm³/mol. The SMILES string of the molecule is COc1ccccc1NC(=O)N1CCC(NC(=O)c2ccco2)CC1.